The number of allylic oxidation sites excluding steroid dienone is 2. The normalized spacial score (nSPS) is 18.2. The summed E-state index contributed by atoms with van der Waals surface area (Å²) < 4.78 is 0. The van der Waals surface area contributed by atoms with Crippen molar-refractivity contribution in [3.63, 3.8) is 0 Å². The Labute approximate surface area is 206 Å². The second kappa shape index (κ2) is 10.3. The fourth-order valence-corrected chi connectivity index (χ4v) is 4.76. The van der Waals surface area contributed by atoms with Crippen LogP contribution in [0, 0.1) is 11.3 Å². The minimum Gasteiger partial charge on any atom is -0.336 e. The fourth-order valence-electron chi connectivity index (χ4n) is 4.76. The molecule has 0 fully saturated rings. The van der Waals surface area contributed by atoms with Crippen LogP contribution in [0.4, 0.5) is 0 Å². The molecule has 2 aromatic carbocycles. The van der Waals surface area contributed by atoms with Crippen molar-refractivity contribution in [3.8, 4) is 6.07 Å². The van der Waals surface area contributed by atoms with Crippen LogP contribution < -0.4 is 0 Å². The number of carbonyl (C=O) groups excluding carboxylic acids is 1. The molecule has 0 spiro atoms. The third-order valence-electron chi connectivity index (χ3n) is 6.45. The maximum atomic E-state index is 12.6. The van der Waals surface area contributed by atoms with Crippen LogP contribution >= 0.6 is 0 Å². The third kappa shape index (κ3) is 4.84. The number of hydrogen-bond donors (Lipinski definition) is 0. The number of aldehydes is 1. The van der Waals surface area contributed by atoms with E-state index in [0.29, 0.717) is 5.56 Å². The molecular formula is C30H26N4O. The van der Waals surface area contributed by atoms with Gasteiger partial charge >= 0.3 is 0 Å². The second-order valence-electron chi connectivity index (χ2n) is 8.73. The van der Waals surface area contributed by atoms with Crippen LogP contribution in [0.1, 0.15) is 28.8 Å². The Morgan fingerprint density at radius 2 is 1.83 bits per heavy atom. The van der Waals surface area contributed by atoms with Crippen LogP contribution in [0.3, 0.4) is 0 Å². The second-order valence-corrected chi connectivity index (χ2v) is 8.73. The smallest absolute Gasteiger partial charge is 0.147 e. The molecule has 172 valence electrons. The molecule has 5 nitrogen and oxygen atoms in total. The summed E-state index contributed by atoms with van der Waals surface area (Å²) in [5.41, 5.74) is 6.22. The standard InChI is InChI=1S/C30H26N4O/c31-18-24-11-4-5-13-27(24)28-17-25(29-14-6-7-15-32-29)20-34(30(28)22-35)26-12-8-16-33(21-26)19-23-9-2-1-3-10-23/h1-7,9-15,17,20,22,30H,8,16,19,21H2. The zero-order valence-corrected chi connectivity index (χ0v) is 19.4. The van der Waals surface area contributed by atoms with Gasteiger partial charge in [-0.25, -0.2) is 0 Å². The van der Waals surface area contributed by atoms with Gasteiger partial charge in [0.25, 0.3) is 0 Å². The number of nitrogens with zero attached hydrogens (tertiary/aromatic N) is 4. The highest BCUT2D eigenvalue weighted by Crippen LogP contribution is 2.35. The Morgan fingerprint density at radius 3 is 2.60 bits per heavy atom. The Balaban J connectivity index is 1.54. The highest BCUT2D eigenvalue weighted by atomic mass is 16.1. The molecule has 0 radical (unpaired) electrons. The van der Waals surface area contributed by atoms with Crippen molar-refractivity contribution in [3.05, 3.63) is 125 Å². The van der Waals surface area contributed by atoms with E-state index in [4.69, 9.17) is 0 Å². The van der Waals surface area contributed by atoms with E-state index in [2.05, 4.69) is 51.2 Å². The van der Waals surface area contributed by atoms with E-state index in [1.165, 1.54) is 5.56 Å². The SMILES string of the molecule is N#Cc1ccccc1C1=CC(c2ccccn2)=CN(C2=CCCN(Cc3ccccc3)C2)C1C=O. The summed E-state index contributed by atoms with van der Waals surface area (Å²) in [5.74, 6) is 0. The Hall–Kier alpha value is -4.27. The molecule has 0 saturated carbocycles. The van der Waals surface area contributed by atoms with Crippen molar-refractivity contribution < 1.29 is 4.79 Å². The third-order valence-corrected chi connectivity index (χ3v) is 6.45. The summed E-state index contributed by atoms with van der Waals surface area (Å²) in [7, 11) is 0. The zero-order valence-electron chi connectivity index (χ0n) is 19.4. The molecule has 3 heterocycles. The summed E-state index contributed by atoms with van der Waals surface area (Å²) in [6, 6.07) is 25.5. The van der Waals surface area contributed by atoms with Gasteiger partial charge in [-0.1, -0.05) is 60.7 Å². The van der Waals surface area contributed by atoms with Crippen LogP contribution in [0.25, 0.3) is 11.1 Å². The topological polar surface area (TPSA) is 60.2 Å². The molecule has 35 heavy (non-hydrogen) atoms. The molecule has 0 aliphatic carbocycles. The van der Waals surface area contributed by atoms with Gasteiger partial charge in [0.05, 0.1) is 17.3 Å². The minimum absolute atomic E-state index is 0.528. The Bertz CT molecular complexity index is 1340. The van der Waals surface area contributed by atoms with Crippen molar-refractivity contribution in [2.45, 2.75) is 19.0 Å². The van der Waals surface area contributed by atoms with Crippen molar-refractivity contribution in [2.75, 3.05) is 13.1 Å². The van der Waals surface area contributed by atoms with Crippen LogP contribution in [-0.4, -0.2) is 40.2 Å². The number of aromatic nitrogens is 1. The van der Waals surface area contributed by atoms with Crippen molar-refractivity contribution in [1.82, 2.24) is 14.8 Å². The minimum atomic E-state index is -0.528. The molecule has 1 aromatic heterocycles. The summed E-state index contributed by atoms with van der Waals surface area (Å²) in [6.45, 7) is 2.56. The van der Waals surface area contributed by atoms with Gasteiger partial charge in [0.1, 0.15) is 12.3 Å². The number of rotatable bonds is 6. The lowest BCUT2D eigenvalue weighted by atomic mass is 9.89. The quantitative estimate of drug-likeness (QED) is 0.484. The highest BCUT2D eigenvalue weighted by Gasteiger charge is 2.31. The molecule has 2 aliphatic heterocycles. The summed E-state index contributed by atoms with van der Waals surface area (Å²) in [4.78, 5) is 21.6. The lowest BCUT2D eigenvalue weighted by Gasteiger charge is -2.38. The first-order valence-corrected chi connectivity index (χ1v) is 11.8. The zero-order chi connectivity index (χ0) is 24.0. The van der Waals surface area contributed by atoms with E-state index in [1.54, 1.807) is 12.3 Å². The van der Waals surface area contributed by atoms with Crippen LogP contribution in [0.15, 0.2) is 103 Å². The fraction of sp³-hybridized carbons (Fsp3) is 0.167. The van der Waals surface area contributed by atoms with Gasteiger partial charge in [-0.2, -0.15) is 5.26 Å². The number of nitriles is 1. The van der Waals surface area contributed by atoms with Crippen molar-refractivity contribution in [1.29, 1.82) is 5.26 Å². The van der Waals surface area contributed by atoms with Gasteiger partial charge < -0.3 is 9.69 Å². The molecule has 1 unspecified atom stereocenters. The average molecular weight is 459 g/mol. The number of pyridine rings is 1. The van der Waals surface area contributed by atoms with Gasteiger partial charge in [0, 0.05) is 43.3 Å². The van der Waals surface area contributed by atoms with Crippen LogP contribution in [0.2, 0.25) is 0 Å². The summed E-state index contributed by atoms with van der Waals surface area (Å²) >= 11 is 0. The first kappa shape index (κ1) is 22.5. The monoisotopic (exact) mass is 458 g/mol. The number of hydrogen-bond acceptors (Lipinski definition) is 5. The van der Waals surface area contributed by atoms with Crippen LogP contribution in [-0.2, 0) is 11.3 Å². The van der Waals surface area contributed by atoms with E-state index in [-0.39, 0.29) is 0 Å². The van der Waals surface area contributed by atoms with E-state index in [9.17, 15) is 10.1 Å². The molecule has 0 bridgehead atoms. The van der Waals surface area contributed by atoms with E-state index < -0.39 is 6.04 Å². The molecule has 0 N–H and O–H groups in total. The van der Waals surface area contributed by atoms with Gasteiger partial charge in [-0.3, -0.25) is 9.88 Å². The molecule has 1 atom stereocenters. The van der Waals surface area contributed by atoms with Gasteiger partial charge in [0.15, 0.2) is 0 Å². The molecule has 0 amide bonds. The highest BCUT2D eigenvalue weighted by molar-refractivity contribution is 5.95. The maximum Gasteiger partial charge on any atom is 0.147 e. The number of benzene rings is 2. The Morgan fingerprint density at radius 1 is 1.03 bits per heavy atom. The van der Waals surface area contributed by atoms with Crippen molar-refractivity contribution in [2.24, 2.45) is 0 Å². The predicted octanol–water partition coefficient (Wildman–Crippen LogP) is 5.05. The van der Waals surface area contributed by atoms with E-state index >= 15 is 0 Å². The summed E-state index contributed by atoms with van der Waals surface area (Å²) in [6.07, 6.45) is 9.90. The lowest BCUT2D eigenvalue weighted by Crippen LogP contribution is -2.41. The maximum absolute atomic E-state index is 12.6. The lowest BCUT2D eigenvalue weighted by molar-refractivity contribution is -0.109. The van der Waals surface area contributed by atoms with Gasteiger partial charge in [-0.15, -0.1) is 0 Å². The van der Waals surface area contributed by atoms with Gasteiger partial charge in [-0.05, 0) is 47.4 Å². The largest absolute Gasteiger partial charge is 0.336 e. The van der Waals surface area contributed by atoms with Gasteiger partial charge in [0.2, 0.25) is 0 Å². The first-order chi connectivity index (χ1) is 17.3. The molecule has 3 aromatic rings. The molecule has 5 heteroatoms. The average Bonchev–Trinajstić information content (AvgIpc) is 2.93. The van der Waals surface area contributed by atoms with E-state index in [1.807, 2.05) is 54.7 Å². The Kier molecular flexibility index (Phi) is 6.65. The molecule has 5 rings (SSSR count). The van der Waals surface area contributed by atoms with Crippen LogP contribution in [0.5, 0.6) is 0 Å². The number of carbonyl (C=O) groups is 1. The van der Waals surface area contributed by atoms with E-state index in [0.717, 1.165) is 60.4 Å². The molecular weight excluding hydrogens is 432 g/mol. The van der Waals surface area contributed by atoms with Crippen molar-refractivity contribution >= 4 is 17.4 Å². The predicted molar refractivity (Wildman–Crippen MR) is 137 cm³/mol. The summed E-state index contributed by atoms with van der Waals surface area (Å²) in [5, 5.41) is 9.76. The first-order valence-electron chi connectivity index (χ1n) is 11.8. The molecule has 0 saturated heterocycles. The molecule has 2 aliphatic rings.